The molecule has 1 aromatic heterocycles. The van der Waals surface area contributed by atoms with Gasteiger partial charge in [-0.2, -0.15) is 4.39 Å². The number of alkyl halides is 1. The Bertz CT molecular complexity index is 393. The highest BCUT2D eigenvalue weighted by Crippen LogP contribution is 2.48. The quantitative estimate of drug-likeness (QED) is 0.761. The van der Waals surface area contributed by atoms with Crippen LogP contribution in [-0.4, -0.2) is 17.1 Å². The van der Waals surface area contributed by atoms with Crippen LogP contribution in [-0.2, 0) is 4.79 Å². The average molecular weight is 212 g/mol. The lowest BCUT2D eigenvalue weighted by Crippen LogP contribution is -2.23. The SMILES string of the molecule is CC1(C(=O)Nc2ccc(F)nc2)CC1F. The van der Waals surface area contributed by atoms with Gasteiger partial charge in [0, 0.05) is 0 Å². The van der Waals surface area contributed by atoms with Crippen molar-refractivity contribution in [1.29, 1.82) is 0 Å². The molecule has 1 fully saturated rings. The van der Waals surface area contributed by atoms with Crippen molar-refractivity contribution < 1.29 is 13.6 Å². The lowest BCUT2D eigenvalue weighted by Gasteiger charge is -2.09. The Hall–Kier alpha value is -1.52. The third-order valence-electron chi connectivity index (χ3n) is 2.64. The fraction of sp³-hybridized carbons (Fsp3) is 0.400. The molecule has 2 rings (SSSR count). The van der Waals surface area contributed by atoms with Gasteiger partial charge >= 0.3 is 0 Å². The number of halogens is 2. The number of pyridine rings is 1. The lowest BCUT2D eigenvalue weighted by atomic mass is 10.1. The molecule has 0 aliphatic heterocycles. The summed E-state index contributed by atoms with van der Waals surface area (Å²) in [5.41, 5.74) is -0.546. The summed E-state index contributed by atoms with van der Waals surface area (Å²) in [5, 5.41) is 2.49. The Balaban J connectivity index is 2.04. The first-order valence-corrected chi connectivity index (χ1v) is 4.59. The van der Waals surface area contributed by atoms with Crippen LogP contribution in [0.3, 0.4) is 0 Å². The van der Waals surface area contributed by atoms with Gasteiger partial charge in [-0.1, -0.05) is 0 Å². The van der Waals surface area contributed by atoms with Crippen molar-refractivity contribution in [3.63, 3.8) is 0 Å². The average Bonchev–Trinajstić information content (AvgIpc) is 2.80. The van der Waals surface area contributed by atoms with Gasteiger partial charge in [0.2, 0.25) is 11.9 Å². The molecule has 15 heavy (non-hydrogen) atoms. The molecule has 1 aliphatic rings. The molecule has 0 radical (unpaired) electrons. The van der Waals surface area contributed by atoms with Crippen molar-refractivity contribution in [2.45, 2.75) is 19.5 Å². The number of nitrogens with one attached hydrogen (secondary N) is 1. The molecule has 1 N–H and O–H groups in total. The summed E-state index contributed by atoms with van der Waals surface area (Å²) in [4.78, 5) is 14.9. The van der Waals surface area contributed by atoms with E-state index < -0.39 is 17.5 Å². The van der Waals surface area contributed by atoms with Crippen LogP contribution >= 0.6 is 0 Å². The van der Waals surface area contributed by atoms with Gasteiger partial charge < -0.3 is 5.32 Å². The van der Waals surface area contributed by atoms with Gasteiger partial charge in [-0.3, -0.25) is 4.79 Å². The summed E-state index contributed by atoms with van der Waals surface area (Å²) in [6.45, 7) is 1.56. The zero-order chi connectivity index (χ0) is 11.1. The van der Waals surface area contributed by atoms with Gasteiger partial charge in [0.1, 0.15) is 6.17 Å². The molecule has 1 saturated carbocycles. The summed E-state index contributed by atoms with van der Waals surface area (Å²) in [6, 6.07) is 2.52. The van der Waals surface area contributed by atoms with E-state index in [9.17, 15) is 13.6 Å². The molecular formula is C10H10F2N2O. The van der Waals surface area contributed by atoms with E-state index >= 15 is 0 Å². The molecule has 80 valence electrons. The normalized spacial score (nSPS) is 28.6. The minimum Gasteiger partial charge on any atom is -0.324 e. The summed E-state index contributed by atoms with van der Waals surface area (Å²) >= 11 is 0. The van der Waals surface area contributed by atoms with Crippen LogP contribution in [0.4, 0.5) is 14.5 Å². The molecule has 5 heteroatoms. The Morgan fingerprint density at radius 2 is 2.33 bits per heavy atom. The molecular weight excluding hydrogens is 202 g/mol. The van der Waals surface area contributed by atoms with Crippen LogP contribution in [0.5, 0.6) is 0 Å². The van der Waals surface area contributed by atoms with Gasteiger partial charge in [-0.05, 0) is 25.5 Å². The van der Waals surface area contributed by atoms with Gasteiger partial charge in [-0.15, -0.1) is 0 Å². The van der Waals surface area contributed by atoms with Gasteiger partial charge in [-0.25, -0.2) is 9.37 Å². The predicted molar refractivity (Wildman–Crippen MR) is 50.4 cm³/mol. The molecule has 1 aromatic rings. The van der Waals surface area contributed by atoms with Crippen molar-refractivity contribution in [2.24, 2.45) is 5.41 Å². The standard InChI is InChI=1S/C10H10F2N2O/c1-10(4-7(10)11)9(15)14-6-2-3-8(12)13-5-6/h2-3,5,7H,4H2,1H3,(H,14,15). The van der Waals surface area contributed by atoms with Crippen LogP contribution in [0, 0.1) is 11.4 Å². The Labute approximate surface area is 85.5 Å². The number of aromatic nitrogens is 1. The van der Waals surface area contributed by atoms with Gasteiger partial charge in [0.15, 0.2) is 0 Å². The molecule has 1 aliphatic carbocycles. The largest absolute Gasteiger partial charge is 0.324 e. The number of carbonyl (C=O) groups is 1. The second kappa shape index (κ2) is 3.25. The fourth-order valence-electron chi connectivity index (χ4n) is 1.27. The third-order valence-corrected chi connectivity index (χ3v) is 2.64. The number of nitrogens with zero attached hydrogens (tertiary/aromatic N) is 1. The number of rotatable bonds is 2. The number of amides is 1. The van der Waals surface area contributed by atoms with Crippen LogP contribution in [0.1, 0.15) is 13.3 Å². The van der Waals surface area contributed by atoms with Crippen LogP contribution < -0.4 is 5.32 Å². The minimum absolute atomic E-state index is 0.244. The van der Waals surface area contributed by atoms with Crippen molar-refractivity contribution in [3.05, 3.63) is 24.3 Å². The number of hydrogen-bond acceptors (Lipinski definition) is 2. The maximum Gasteiger partial charge on any atom is 0.233 e. The van der Waals surface area contributed by atoms with E-state index in [1.165, 1.54) is 12.3 Å². The molecule has 0 aromatic carbocycles. The summed E-state index contributed by atoms with van der Waals surface area (Å²) < 4.78 is 25.3. The first kappa shape index (κ1) is 10.0. The first-order valence-electron chi connectivity index (χ1n) is 4.59. The minimum atomic E-state index is -1.08. The van der Waals surface area contributed by atoms with Crippen molar-refractivity contribution in [3.8, 4) is 0 Å². The highest BCUT2D eigenvalue weighted by Gasteiger charge is 2.57. The highest BCUT2D eigenvalue weighted by molar-refractivity contribution is 5.97. The van der Waals surface area contributed by atoms with Gasteiger partial charge in [0.25, 0.3) is 0 Å². The van der Waals surface area contributed by atoms with E-state index in [1.54, 1.807) is 6.92 Å². The molecule has 3 nitrogen and oxygen atoms in total. The Kier molecular flexibility index (Phi) is 2.17. The topological polar surface area (TPSA) is 42.0 Å². The fourth-order valence-corrected chi connectivity index (χ4v) is 1.27. The van der Waals surface area contributed by atoms with Gasteiger partial charge in [0.05, 0.1) is 17.3 Å². The van der Waals surface area contributed by atoms with E-state index in [0.29, 0.717) is 5.69 Å². The Morgan fingerprint density at radius 1 is 1.67 bits per heavy atom. The van der Waals surface area contributed by atoms with E-state index in [-0.39, 0.29) is 12.3 Å². The summed E-state index contributed by atoms with van der Waals surface area (Å²) in [6.07, 6.45) is 0.366. The van der Waals surface area contributed by atoms with E-state index in [4.69, 9.17) is 0 Å². The smallest absolute Gasteiger partial charge is 0.233 e. The molecule has 0 saturated heterocycles. The molecule has 2 unspecified atom stereocenters. The second-order valence-corrected chi connectivity index (χ2v) is 3.91. The van der Waals surface area contributed by atoms with E-state index in [0.717, 1.165) is 6.07 Å². The maximum atomic E-state index is 12.8. The maximum absolute atomic E-state index is 12.8. The third kappa shape index (κ3) is 1.82. The zero-order valence-corrected chi connectivity index (χ0v) is 8.13. The van der Waals surface area contributed by atoms with E-state index in [1.807, 2.05) is 0 Å². The number of carbonyl (C=O) groups excluding carboxylic acids is 1. The predicted octanol–water partition coefficient (Wildman–Crippen LogP) is 1.91. The van der Waals surface area contributed by atoms with Crippen LogP contribution in [0.2, 0.25) is 0 Å². The van der Waals surface area contributed by atoms with Crippen molar-refractivity contribution in [1.82, 2.24) is 4.98 Å². The Morgan fingerprint density at radius 3 is 2.80 bits per heavy atom. The second-order valence-electron chi connectivity index (χ2n) is 3.91. The molecule has 0 bridgehead atoms. The van der Waals surface area contributed by atoms with Crippen LogP contribution in [0.25, 0.3) is 0 Å². The highest BCUT2D eigenvalue weighted by atomic mass is 19.1. The van der Waals surface area contributed by atoms with Crippen LogP contribution in [0.15, 0.2) is 18.3 Å². The monoisotopic (exact) mass is 212 g/mol. The first-order chi connectivity index (χ1) is 7.02. The summed E-state index contributed by atoms with van der Waals surface area (Å²) in [7, 11) is 0. The number of hydrogen-bond donors (Lipinski definition) is 1. The zero-order valence-electron chi connectivity index (χ0n) is 8.13. The lowest BCUT2D eigenvalue weighted by molar-refractivity contribution is -0.121. The van der Waals surface area contributed by atoms with E-state index in [2.05, 4.69) is 10.3 Å². The van der Waals surface area contributed by atoms with Crippen molar-refractivity contribution in [2.75, 3.05) is 5.32 Å². The molecule has 2 atom stereocenters. The molecule has 0 spiro atoms. The summed E-state index contributed by atoms with van der Waals surface area (Å²) in [5.74, 6) is -1.00. The molecule has 1 heterocycles. The molecule has 1 amide bonds. The van der Waals surface area contributed by atoms with Crippen molar-refractivity contribution >= 4 is 11.6 Å². The number of anilines is 1.